The summed E-state index contributed by atoms with van der Waals surface area (Å²) in [7, 11) is 0. The fraction of sp³-hybridized carbons (Fsp3) is 0.808. The summed E-state index contributed by atoms with van der Waals surface area (Å²) in [6.45, 7) is 11.9. The molecule has 196 valence electrons. The van der Waals surface area contributed by atoms with E-state index in [4.69, 9.17) is 4.74 Å². The van der Waals surface area contributed by atoms with Crippen molar-refractivity contribution in [2.75, 3.05) is 12.3 Å². The molecule has 3 atom stereocenters. The molecule has 1 aliphatic heterocycles. The Hall–Kier alpha value is -1.54. The van der Waals surface area contributed by atoms with Gasteiger partial charge in [-0.25, -0.2) is 0 Å². The van der Waals surface area contributed by atoms with Crippen LogP contribution in [0.1, 0.15) is 99.3 Å². The number of nitrogens with one attached hydrogen (secondary N) is 1. The summed E-state index contributed by atoms with van der Waals surface area (Å²) in [4.78, 5) is 39.7. The van der Waals surface area contributed by atoms with E-state index in [1.807, 2.05) is 20.8 Å². The Morgan fingerprint density at radius 3 is 2.35 bits per heavy atom. The third-order valence-electron chi connectivity index (χ3n) is 5.71. The molecule has 1 aliphatic rings. The molecule has 0 bridgehead atoms. The molecule has 1 rings (SSSR count). The fourth-order valence-electron chi connectivity index (χ4n) is 3.96. The van der Waals surface area contributed by atoms with Gasteiger partial charge in [-0.3, -0.25) is 14.4 Å². The molecule has 1 heterocycles. The van der Waals surface area contributed by atoms with Crippen LogP contribution in [0.2, 0.25) is 0 Å². The molecule has 1 saturated heterocycles. The first-order valence-electron chi connectivity index (χ1n) is 12.8. The molecule has 0 aliphatic carbocycles. The van der Waals surface area contributed by atoms with Gasteiger partial charge in [0.15, 0.2) is 0 Å². The Morgan fingerprint density at radius 2 is 1.76 bits per heavy atom. The maximum atomic E-state index is 13.2. The van der Waals surface area contributed by atoms with Crippen molar-refractivity contribution in [1.29, 1.82) is 0 Å². The number of carbonyl (C=O) groups excluding carboxylic acids is 3. The van der Waals surface area contributed by atoms with E-state index >= 15 is 0 Å². The normalized spacial score (nSPS) is 18.7. The molecular weight excluding hydrogens is 452 g/mol. The number of carbonyl (C=O) groups is 3. The van der Waals surface area contributed by atoms with Crippen LogP contribution in [-0.4, -0.2) is 57.1 Å². The predicted molar refractivity (Wildman–Crippen MR) is 138 cm³/mol. The molecule has 3 unspecified atom stereocenters. The van der Waals surface area contributed by atoms with Gasteiger partial charge < -0.3 is 20.1 Å². The molecule has 0 saturated carbocycles. The number of allylic oxidation sites excluding steroid dienone is 1. The zero-order valence-corrected chi connectivity index (χ0v) is 22.8. The van der Waals surface area contributed by atoms with Gasteiger partial charge in [0.25, 0.3) is 0 Å². The highest BCUT2D eigenvalue weighted by Crippen LogP contribution is 2.35. The zero-order chi connectivity index (χ0) is 25.7. The lowest BCUT2D eigenvalue weighted by Crippen LogP contribution is -2.42. The molecule has 0 aromatic heterocycles. The van der Waals surface area contributed by atoms with Gasteiger partial charge in [0.05, 0.1) is 23.1 Å². The molecule has 0 aromatic carbocycles. The number of esters is 1. The van der Waals surface area contributed by atoms with Crippen LogP contribution < -0.4 is 5.32 Å². The van der Waals surface area contributed by atoms with E-state index in [-0.39, 0.29) is 28.5 Å². The summed E-state index contributed by atoms with van der Waals surface area (Å²) in [5.41, 5.74) is -0.386. The number of aliphatic hydroxyl groups excluding tert-OH is 1. The van der Waals surface area contributed by atoms with Crippen LogP contribution in [0.25, 0.3) is 0 Å². The Bertz CT molecular complexity index is 689. The van der Waals surface area contributed by atoms with E-state index in [9.17, 15) is 19.5 Å². The maximum absolute atomic E-state index is 13.2. The van der Waals surface area contributed by atoms with Crippen molar-refractivity contribution in [2.45, 2.75) is 116 Å². The largest absolute Gasteiger partial charge is 0.431 e. The first-order chi connectivity index (χ1) is 16.0. The SMILES string of the molecule is CCCCCC(O)CCN1C(=O)CSC1C(CCCCC)C(=O)O/C(C)=C\C(=O)NC(C)(C)C. The summed E-state index contributed by atoms with van der Waals surface area (Å²) >= 11 is 1.47. The standard InChI is InChI=1S/C26H46N2O5S/c1-7-9-11-13-20(29)15-16-28-23(31)18-34-24(28)21(14-12-10-8-2)25(32)33-19(3)17-22(30)27-26(4,5)6/h17,20-21,24,29H,7-16,18H2,1-6H3,(H,27,30)/b19-17-. The van der Waals surface area contributed by atoms with Gasteiger partial charge >= 0.3 is 5.97 Å². The van der Waals surface area contributed by atoms with Gasteiger partial charge in [-0.15, -0.1) is 11.8 Å². The predicted octanol–water partition coefficient (Wildman–Crippen LogP) is 4.78. The third kappa shape index (κ3) is 11.7. The van der Waals surface area contributed by atoms with Crippen LogP contribution in [-0.2, 0) is 19.1 Å². The van der Waals surface area contributed by atoms with Crippen molar-refractivity contribution in [3.05, 3.63) is 11.8 Å². The molecule has 0 spiro atoms. The number of rotatable bonds is 15. The number of hydrogen-bond donors (Lipinski definition) is 2. The first kappa shape index (κ1) is 30.5. The Labute approximate surface area is 210 Å². The number of ether oxygens (including phenoxy) is 1. The quantitative estimate of drug-likeness (QED) is 0.146. The number of thioether (sulfide) groups is 1. The molecule has 34 heavy (non-hydrogen) atoms. The second-order valence-electron chi connectivity index (χ2n) is 10.2. The van der Waals surface area contributed by atoms with Crippen molar-refractivity contribution in [1.82, 2.24) is 10.2 Å². The van der Waals surface area contributed by atoms with Crippen molar-refractivity contribution in [2.24, 2.45) is 5.92 Å². The lowest BCUT2D eigenvalue weighted by atomic mass is 9.99. The molecule has 2 N–H and O–H groups in total. The molecule has 8 heteroatoms. The summed E-state index contributed by atoms with van der Waals surface area (Å²) in [5.74, 6) is -0.634. The van der Waals surface area contributed by atoms with Gasteiger partial charge in [-0.05, 0) is 47.0 Å². The van der Waals surface area contributed by atoms with Crippen LogP contribution in [0, 0.1) is 5.92 Å². The van der Waals surface area contributed by atoms with Gasteiger partial charge in [0.1, 0.15) is 5.76 Å². The van der Waals surface area contributed by atoms with Gasteiger partial charge in [0, 0.05) is 18.2 Å². The molecule has 1 fully saturated rings. The second kappa shape index (κ2) is 15.5. The lowest BCUT2D eigenvalue weighted by molar-refractivity contribution is -0.146. The zero-order valence-electron chi connectivity index (χ0n) is 22.0. The van der Waals surface area contributed by atoms with Crippen LogP contribution in [0.4, 0.5) is 0 Å². The van der Waals surface area contributed by atoms with Crippen molar-refractivity contribution >= 4 is 29.5 Å². The Kier molecular flexibility index (Phi) is 13.9. The van der Waals surface area contributed by atoms with E-state index in [0.717, 1.165) is 44.9 Å². The molecule has 7 nitrogen and oxygen atoms in total. The van der Waals surface area contributed by atoms with Gasteiger partial charge in [-0.1, -0.05) is 52.4 Å². The minimum Gasteiger partial charge on any atom is -0.431 e. The second-order valence-corrected chi connectivity index (χ2v) is 11.3. The molecular formula is C26H46N2O5S. The van der Waals surface area contributed by atoms with Crippen molar-refractivity contribution in [3.8, 4) is 0 Å². The monoisotopic (exact) mass is 498 g/mol. The minimum absolute atomic E-state index is 0.000804. The number of nitrogens with zero attached hydrogens (tertiary/aromatic N) is 1. The number of amides is 2. The van der Waals surface area contributed by atoms with Gasteiger partial charge in [-0.2, -0.15) is 0 Å². The van der Waals surface area contributed by atoms with Crippen molar-refractivity contribution in [3.63, 3.8) is 0 Å². The highest BCUT2D eigenvalue weighted by molar-refractivity contribution is 8.01. The average Bonchev–Trinajstić information content (AvgIpc) is 3.08. The molecule has 0 aromatic rings. The topological polar surface area (TPSA) is 95.9 Å². The van der Waals surface area contributed by atoms with Crippen LogP contribution in [0.3, 0.4) is 0 Å². The lowest BCUT2D eigenvalue weighted by Gasteiger charge is -2.30. The highest BCUT2D eigenvalue weighted by Gasteiger charge is 2.41. The Balaban J connectivity index is 2.87. The summed E-state index contributed by atoms with van der Waals surface area (Å²) in [5, 5.41) is 12.8. The van der Waals surface area contributed by atoms with E-state index in [2.05, 4.69) is 19.2 Å². The summed E-state index contributed by atoms with van der Waals surface area (Å²) in [6, 6.07) is 0. The van der Waals surface area contributed by atoms with E-state index in [1.54, 1.807) is 11.8 Å². The maximum Gasteiger partial charge on any atom is 0.316 e. The van der Waals surface area contributed by atoms with Crippen LogP contribution >= 0.6 is 11.8 Å². The van der Waals surface area contributed by atoms with E-state index < -0.39 is 18.0 Å². The number of hydrogen-bond acceptors (Lipinski definition) is 6. The average molecular weight is 499 g/mol. The summed E-state index contributed by atoms with van der Waals surface area (Å²) in [6.07, 6.45) is 8.76. The smallest absolute Gasteiger partial charge is 0.316 e. The first-order valence-corrected chi connectivity index (χ1v) is 13.8. The molecule has 2 amide bonds. The minimum atomic E-state index is -0.478. The van der Waals surface area contributed by atoms with Gasteiger partial charge in [0.2, 0.25) is 11.8 Å². The number of aliphatic hydroxyl groups is 1. The van der Waals surface area contributed by atoms with Crippen LogP contribution in [0.15, 0.2) is 11.8 Å². The molecule has 0 radical (unpaired) electrons. The number of unbranched alkanes of at least 4 members (excludes halogenated alkanes) is 4. The van der Waals surface area contributed by atoms with Crippen LogP contribution in [0.5, 0.6) is 0 Å². The summed E-state index contributed by atoms with van der Waals surface area (Å²) < 4.78 is 5.58. The Morgan fingerprint density at radius 1 is 1.15 bits per heavy atom. The fourth-order valence-corrected chi connectivity index (χ4v) is 5.33. The van der Waals surface area contributed by atoms with E-state index in [1.165, 1.54) is 17.8 Å². The third-order valence-corrected chi connectivity index (χ3v) is 7.05. The van der Waals surface area contributed by atoms with Crippen molar-refractivity contribution < 1.29 is 24.2 Å². The van der Waals surface area contributed by atoms with E-state index in [0.29, 0.717) is 25.1 Å². The highest BCUT2D eigenvalue weighted by atomic mass is 32.2.